The molecular weight excluding hydrogens is 514 g/mol. The molecule has 3 rings (SSSR count). The second-order valence-corrected chi connectivity index (χ2v) is 10.8. The quantitative estimate of drug-likeness (QED) is 0.399. The summed E-state index contributed by atoms with van der Waals surface area (Å²) in [4.78, 5) is 28.3. The molecule has 2 amide bonds. The summed E-state index contributed by atoms with van der Waals surface area (Å²) in [5, 5.41) is 3.08. The molecule has 37 heavy (non-hydrogen) atoms. The van der Waals surface area contributed by atoms with Crippen LogP contribution in [0.4, 0.5) is 5.69 Å². The molecule has 196 valence electrons. The SMILES string of the molecule is CNC(=O)C(Cc1ccccc1)N(Cc1cccc(OC)c1)C(=O)CN(c1ccc(Cl)cc1)S(C)(=O)=O. The molecule has 0 spiro atoms. The van der Waals surface area contributed by atoms with Crippen LogP contribution < -0.4 is 14.4 Å². The standard InChI is InChI=1S/C27H30ClN3O5S/c1-29-27(33)25(17-20-8-5-4-6-9-20)30(18-21-10-7-11-24(16-21)36-2)26(32)19-31(37(3,34)35)23-14-12-22(28)13-15-23/h4-16,25H,17-19H2,1-3H3,(H,29,33). The molecule has 8 nitrogen and oxygen atoms in total. The zero-order valence-electron chi connectivity index (χ0n) is 20.9. The fourth-order valence-corrected chi connectivity index (χ4v) is 4.88. The van der Waals surface area contributed by atoms with E-state index in [-0.39, 0.29) is 18.9 Å². The highest BCUT2D eigenvalue weighted by Crippen LogP contribution is 2.23. The first kappa shape index (κ1) is 28.0. The second kappa shape index (κ2) is 12.6. The van der Waals surface area contributed by atoms with Gasteiger partial charge >= 0.3 is 0 Å². The van der Waals surface area contributed by atoms with E-state index in [0.717, 1.165) is 21.7 Å². The minimum atomic E-state index is -3.83. The van der Waals surface area contributed by atoms with Crippen LogP contribution in [0.25, 0.3) is 0 Å². The number of carbonyl (C=O) groups excluding carboxylic acids is 2. The van der Waals surface area contributed by atoms with E-state index in [9.17, 15) is 18.0 Å². The van der Waals surface area contributed by atoms with Gasteiger partial charge in [-0.05, 0) is 47.5 Å². The number of hydrogen-bond acceptors (Lipinski definition) is 5. The number of nitrogens with zero attached hydrogens (tertiary/aromatic N) is 2. The van der Waals surface area contributed by atoms with Crippen molar-refractivity contribution in [2.24, 2.45) is 0 Å². The van der Waals surface area contributed by atoms with Crippen molar-refractivity contribution >= 4 is 39.1 Å². The molecular formula is C27H30ClN3O5S. The number of rotatable bonds is 11. The molecule has 0 saturated heterocycles. The van der Waals surface area contributed by atoms with E-state index in [1.807, 2.05) is 36.4 Å². The lowest BCUT2D eigenvalue weighted by atomic mass is 10.0. The van der Waals surface area contributed by atoms with Crippen LogP contribution in [0.3, 0.4) is 0 Å². The summed E-state index contributed by atoms with van der Waals surface area (Å²) >= 11 is 5.97. The van der Waals surface area contributed by atoms with E-state index >= 15 is 0 Å². The van der Waals surface area contributed by atoms with Crippen molar-refractivity contribution < 1.29 is 22.7 Å². The normalized spacial score (nSPS) is 11.9. The average Bonchev–Trinajstić information content (AvgIpc) is 2.89. The maximum atomic E-state index is 13.8. The Hall–Kier alpha value is -3.56. The van der Waals surface area contributed by atoms with Crippen LogP contribution in [0.15, 0.2) is 78.9 Å². The number of anilines is 1. The van der Waals surface area contributed by atoms with Crippen LogP contribution in [-0.4, -0.2) is 58.1 Å². The van der Waals surface area contributed by atoms with Crippen LogP contribution in [0.1, 0.15) is 11.1 Å². The van der Waals surface area contributed by atoms with Gasteiger partial charge in [-0.25, -0.2) is 8.42 Å². The van der Waals surface area contributed by atoms with Crippen molar-refractivity contribution in [1.82, 2.24) is 10.2 Å². The Morgan fingerprint density at radius 2 is 1.62 bits per heavy atom. The number of methoxy groups -OCH3 is 1. The number of halogens is 1. The number of nitrogens with one attached hydrogen (secondary N) is 1. The highest BCUT2D eigenvalue weighted by atomic mass is 35.5. The summed E-state index contributed by atoms with van der Waals surface area (Å²) in [5.41, 5.74) is 1.88. The van der Waals surface area contributed by atoms with Crippen molar-refractivity contribution in [3.05, 3.63) is 95.0 Å². The Bertz CT molecular complexity index is 1320. The van der Waals surface area contributed by atoms with Crippen LogP contribution in [0, 0.1) is 0 Å². The third-order valence-corrected chi connectivity index (χ3v) is 7.19. The molecule has 0 aliphatic carbocycles. The second-order valence-electron chi connectivity index (χ2n) is 8.44. The van der Waals surface area contributed by atoms with Crippen LogP contribution >= 0.6 is 11.6 Å². The van der Waals surface area contributed by atoms with Gasteiger partial charge < -0.3 is 15.0 Å². The summed E-state index contributed by atoms with van der Waals surface area (Å²) in [6, 6.07) is 21.8. The number of carbonyl (C=O) groups is 2. The fourth-order valence-electron chi connectivity index (χ4n) is 3.91. The molecule has 0 bridgehead atoms. The number of amides is 2. The third-order valence-electron chi connectivity index (χ3n) is 5.80. The molecule has 1 unspecified atom stereocenters. The molecule has 10 heteroatoms. The van der Waals surface area contributed by atoms with Gasteiger partial charge in [0.2, 0.25) is 21.8 Å². The van der Waals surface area contributed by atoms with Gasteiger partial charge in [-0.3, -0.25) is 13.9 Å². The van der Waals surface area contributed by atoms with Gasteiger partial charge in [-0.1, -0.05) is 54.1 Å². The van der Waals surface area contributed by atoms with E-state index in [0.29, 0.717) is 16.5 Å². The number of likely N-dealkylation sites (N-methyl/N-ethyl adjacent to an activating group) is 1. The Labute approximate surface area is 222 Å². The lowest BCUT2D eigenvalue weighted by Gasteiger charge is -2.33. The predicted molar refractivity (Wildman–Crippen MR) is 145 cm³/mol. The maximum Gasteiger partial charge on any atom is 0.244 e. The molecule has 3 aromatic rings. The summed E-state index contributed by atoms with van der Waals surface area (Å²) in [7, 11) is -0.784. The molecule has 0 aliphatic heterocycles. The average molecular weight is 544 g/mol. The number of ether oxygens (including phenoxy) is 1. The largest absolute Gasteiger partial charge is 0.497 e. The molecule has 3 aromatic carbocycles. The third kappa shape index (κ3) is 7.71. The topological polar surface area (TPSA) is 96.0 Å². The smallest absolute Gasteiger partial charge is 0.244 e. The van der Waals surface area contributed by atoms with E-state index in [2.05, 4.69) is 5.32 Å². The van der Waals surface area contributed by atoms with Crippen molar-refractivity contribution in [1.29, 1.82) is 0 Å². The van der Waals surface area contributed by atoms with Gasteiger partial charge in [-0.2, -0.15) is 0 Å². The monoisotopic (exact) mass is 543 g/mol. The first-order valence-electron chi connectivity index (χ1n) is 11.5. The van der Waals surface area contributed by atoms with Crippen LogP contribution in [0.2, 0.25) is 5.02 Å². The Morgan fingerprint density at radius 1 is 0.973 bits per heavy atom. The van der Waals surface area contributed by atoms with E-state index in [1.54, 1.807) is 37.4 Å². The summed E-state index contributed by atoms with van der Waals surface area (Å²) in [5.74, 6) is -0.298. The van der Waals surface area contributed by atoms with Crippen molar-refractivity contribution in [2.45, 2.75) is 19.0 Å². The predicted octanol–water partition coefficient (Wildman–Crippen LogP) is 3.50. The molecule has 0 aliphatic rings. The van der Waals surface area contributed by atoms with Gasteiger partial charge in [0.1, 0.15) is 18.3 Å². The molecule has 0 aromatic heterocycles. The van der Waals surface area contributed by atoms with Gasteiger partial charge in [0.25, 0.3) is 0 Å². The van der Waals surface area contributed by atoms with Crippen molar-refractivity contribution in [2.75, 3.05) is 31.3 Å². The number of benzene rings is 3. The molecule has 1 N–H and O–H groups in total. The minimum Gasteiger partial charge on any atom is -0.497 e. The Kier molecular flexibility index (Phi) is 9.54. The van der Waals surface area contributed by atoms with Gasteiger partial charge in [0.05, 0.1) is 19.1 Å². The zero-order valence-corrected chi connectivity index (χ0v) is 22.5. The first-order chi connectivity index (χ1) is 17.6. The molecule has 1 atom stereocenters. The highest BCUT2D eigenvalue weighted by molar-refractivity contribution is 7.92. The Balaban J connectivity index is 2.02. The number of sulfonamides is 1. The van der Waals surface area contributed by atoms with Gasteiger partial charge in [0, 0.05) is 25.0 Å². The van der Waals surface area contributed by atoms with Gasteiger partial charge in [0.15, 0.2) is 0 Å². The van der Waals surface area contributed by atoms with Crippen molar-refractivity contribution in [3.8, 4) is 5.75 Å². The van der Waals surface area contributed by atoms with Crippen LogP contribution in [-0.2, 0) is 32.6 Å². The fraction of sp³-hybridized carbons (Fsp3) is 0.259. The van der Waals surface area contributed by atoms with E-state index in [4.69, 9.17) is 16.3 Å². The van der Waals surface area contributed by atoms with Crippen molar-refractivity contribution in [3.63, 3.8) is 0 Å². The minimum absolute atomic E-state index is 0.0686. The maximum absolute atomic E-state index is 13.8. The molecule has 0 saturated carbocycles. The van der Waals surface area contributed by atoms with Crippen LogP contribution in [0.5, 0.6) is 5.75 Å². The summed E-state index contributed by atoms with van der Waals surface area (Å²) < 4.78 is 31.7. The lowest BCUT2D eigenvalue weighted by molar-refractivity contribution is -0.139. The Morgan fingerprint density at radius 3 is 2.22 bits per heavy atom. The molecule has 0 radical (unpaired) electrons. The lowest BCUT2D eigenvalue weighted by Crippen LogP contribution is -2.52. The molecule has 0 heterocycles. The van der Waals surface area contributed by atoms with Gasteiger partial charge in [-0.15, -0.1) is 0 Å². The molecule has 0 fully saturated rings. The van der Waals surface area contributed by atoms with E-state index in [1.165, 1.54) is 24.1 Å². The highest BCUT2D eigenvalue weighted by Gasteiger charge is 2.32. The zero-order chi connectivity index (χ0) is 27.0. The van der Waals surface area contributed by atoms with E-state index < -0.39 is 28.5 Å². The number of hydrogen-bond donors (Lipinski definition) is 1. The summed E-state index contributed by atoms with van der Waals surface area (Å²) in [6.07, 6.45) is 1.28. The summed E-state index contributed by atoms with van der Waals surface area (Å²) in [6.45, 7) is -0.425. The first-order valence-corrected chi connectivity index (χ1v) is 13.8.